The maximum absolute atomic E-state index is 13.5. The lowest BCUT2D eigenvalue weighted by atomic mass is 9.94. The fraction of sp³-hybridized carbons (Fsp3) is 0.462. The molecule has 0 aliphatic carbocycles. The second kappa shape index (κ2) is 5.78. The second-order valence-electron chi connectivity index (χ2n) is 5.73. The molecule has 0 radical (unpaired) electrons. The monoisotopic (exact) mass is 303 g/mol. The Morgan fingerprint density at radius 3 is 2.45 bits per heavy atom. The van der Waals surface area contributed by atoms with E-state index in [1.165, 1.54) is 0 Å². The van der Waals surface area contributed by atoms with E-state index in [0.29, 0.717) is 6.42 Å². The van der Waals surface area contributed by atoms with Gasteiger partial charge in [0.2, 0.25) is 10.0 Å². The molecule has 2 N–H and O–H groups in total. The Morgan fingerprint density at radius 1 is 1.35 bits per heavy atom. The van der Waals surface area contributed by atoms with Crippen molar-refractivity contribution in [2.45, 2.75) is 27.2 Å². The number of nitrogens with one attached hydrogen (secondary N) is 1. The van der Waals surface area contributed by atoms with Gasteiger partial charge >= 0.3 is 5.97 Å². The second-order valence-corrected chi connectivity index (χ2v) is 7.57. The third-order valence-electron chi connectivity index (χ3n) is 2.60. The molecule has 112 valence electrons. The molecule has 20 heavy (non-hydrogen) atoms. The van der Waals surface area contributed by atoms with Gasteiger partial charge in [-0.1, -0.05) is 20.8 Å². The molecule has 0 fully saturated rings. The zero-order chi connectivity index (χ0) is 15.6. The predicted octanol–water partition coefficient (Wildman–Crippen LogP) is 2.70. The quantitative estimate of drug-likeness (QED) is 0.876. The molecule has 0 heterocycles. The number of benzene rings is 1. The zero-order valence-electron chi connectivity index (χ0n) is 11.6. The highest BCUT2D eigenvalue weighted by atomic mass is 32.2. The third kappa shape index (κ3) is 5.16. The van der Waals surface area contributed by atoms with Crippen molar-refractivity contribution in [1.29, 1.82) is 0 Å². The van der Waals surface area contributed by atoms with E-state index in [4.69, 9.17) is 5.11 Å². The van der Waals surface area contributed by atoms with Gasteiger partial charge in [0.25, 0.3) is 0 Å². The van der Waals surface area contributed by atoms with Crippen molar-refractivity contribution in [2.75, 3.05) is 10.5 Å². The molecular formula is C13H18FNO4S. The summed E-state index contributed by atoms with van der Waals surface area (Å²) < 4.78 is 39.3. The number of rotatable bonds is 5. The number of carboxylic acids is 1. The lowest BCUT2D eigenvalue weighted by Crippen LogP contribution is -2.21. The predicted molar refractivity (Wildman–Crippen MR) is 74.8 cm³/mol. The van der Waals surface area contributed by atoms with E-state index in [0.717, 1.165) is 18.2 Å². The Kier molecular flexibility index (Phi) is 4.75. The van der Waals surface area contributed by atoms with Crippen molar-refractivity contribution in [3.8, 4) is 0 Å². The topological polar surface area (TPSA) is 83.5 Å². The first-order chi connectivity index (χ1) is 9.00. The van der Waals surface area contributed by atoms with E-state index in [9.17, 15) is 17.6 Å². The molecule has 0 bridgehead atoms. The van der Waals surface area contributed by atoms with Gasteiger partial charge in [-0.05, 0) is 30.0 Å². The summed E-state index contributed by atoms with van der Waals surface area (Å²) in [6.07, 6.45) is 0.405. The highest BCUT2D eigenvalue weighted by molar-refractivity contribution is 7.92. The van der Waals surface area contributed by atoms with Gasteiger partial charge in [0.1, 0.15) is 5.82 Å². The first-order valence-corrected chi connectivity index (χ1v) is 7.69. The molecule has 0 unspecified atom stereocenters. The van der Waals surface area contributed by atoms with Crippen molar-refractivity contribution >= 4 is 21.7 Å². The van der Waals surface area contributed by atoms with Crippen LogP contribution in [0.2, 0.25) is 0 Å². The Hall–Kier alpha value is -1.63. The molecule has 0 saturated heterocycles. The van der Waals surface area contributed by atoms with Crippen LogP contribution in [0.25, 0.3) is 0 Å². The first kappa shape index (κ1) is 16.4. The maximum atomic E-state index is 13.5. The minimum absolute atomic E-state index is 0.159. The highest BCUT2D eigenvalue weighted by Gasteiger charge is 2.19. The summed E-state index contributed by atoms with van der Waals surface area (Å²) in [5, 5.41) is 8.81. The van der Waals surface area contributed by atoms with Crippen LogP contribution in [0.4, 0.5) is 10.1 Å². The molecule has 7 heteroatoms. The van der Waals surface area contributed by atoms with Gasteiger partial charge in [0.15, 0.2) is 0 Å². The van der Waals surface area contributed by atoms with E-state index in [-0.39, 0.29) is 22.4 Å². The van der Waals surface area contributed by atoms with E-state index in [2.05, 4.69) is 4.72 Å². The Labute approximate surface area is 117 Å². The van der Waals surface area contributed by atoms with Gasteiger partial charge in [-0.3, -0.25) is 4.72 Å². The number of sulfonamides is 1. The van der Waals surface area contributed by atoms with Crippen LogP contribution in [0.3, 0.4) is 0 Å². The average molecular weight is 303 g/mol. The fourth-order valence-electron chi connectivity index (χ4n) is 1.40. The van der Waals surface area contributed by atoms with Crippen molar-refractivity contribution in [3.63, 3.8) is 0 Å². The van der Waals surface area contributed by atoms with Crippen LogP contribution in [0.5, 0.6) is 0 Å². The summed E-state index contributed by atoms with van der Waals surface area (Å²) in [6, 6.07) is 2.96. The van der Waals surface area contributed by atoms with Crippen LogP contribution in [-0.4, -0.2) is 25.2 Å². The van der Waals surface area contributed by atoms with E-state index < -0.39 is 21.8 Å². The molecule has 0 spiro atoms. The van der Waals surface area contributed by atoms with Crippen LogP contribution in [0.1, 0.15) is 37.6 Å². The van der Waals surface area contributed by atoms with E-state index >= 15 is 0 Å². The maximum Gasteiger partial charge on any atom is 0.335 e. The SMILES string of the molecule is CC(C)(C)CCS(=O)(=O)Nc1cc(C(=O)O)ccc1F. The van der Waals surface area contributed by atoms with Crippen LogP contribution in [-0.2, 0) is 10.0 Å². The molecule has 5 nitrogen and oxygen atoms in total. The number of hydrogen-bond acceptors (Lipinski definition) is 3. The summed E-state index contributed by atoms with van der Waals surface area (Å²) >= 11 is 0. The molecule has 0 aromatic heterocycles. The average Bonchev–Trinajstić information content (AvgIpc) is 2.28. The van der Waals surface area contributed by atoms with Gasteiger partial charge in [0.05, 0.1) is 17.0 Å². The molecule has 1 aromatic rings. The Morgan fingerprint density at radius 2 is 1.95 bits per heavy atom. The molecule has 1 rings (SSSR count). The lowest BCUT2D eigenvalue weighted by Gasteiger charge is -2.18. The summed E-state index contributed by atoms with van der Waals surface area (Å²) in [6.45, 7) is 5.69. The van der Waals surface area contributed by atoms with Crippen LogP contribution in [0, 0.1) is 11.2 Å². The van der Waals surface area contributed by atoms with E-state index in [1.54, 1.807) is 0 Å². The van der Waals surface area contributed by atoms with Crippen LogP contribution >= 0.6 is 0 Å². The minimum atomic E-state index is -3.72. The highest BCUT2D eigenvalue weighted by Crippen LogP contribution is 2.22. The summed E-state index contributed by atoms with van der Waals surface area (Å²) in [4.78, 5) is 10.8. The van der Waals surface area contributed by atoms with Crippen molar-refractivity contribution in [3.05, 3.63) is 29.6 Å². The summed E-state index contributed by atoms with van der Waals surface area (Å²) in [5.74, 6) is -2.22. The molecular weight excluding hydrogens is 285 g/mol. The van der Waals surface area contributed by atoms with Gasteiger partial charge in [0, 0.05) is 0 Å². The number of carbonyl (C=O) groups is 1. The summed E-state index contributed by atoms with van der Waals surface area (Å²) in [5.41, 5.74) is -0.699. The molecule has 0 aliphatic heterocycles. The Bertz CT molecular complexity index is 605. The van der Waals surface area contributed by atoms with Gasteiger partial charge in [-0.2, -0.15) is 0 Å². The van der Waals surface area contributed by atoms with Crippen molar-refractivity contribution in [2.24, 2.45) is 5.41 Å². The minimum Gasteiger partial charge on any atom is -0.478 e. The van der Waals surface area contributed by atoms with E-state index in [1.807, 2.05) is 20.8 Å². The zero-order valence-corrected chi connectivity index (χ0v) is 12.4. The van der Waals surface area contributed by atoms with Crippen LogP contribution < -0.4 is 4.72 Å². The lowest BCUT2D eigenvalue weighted by molar-refractivity contribution is 0.0697. The summed E-state index contributed by atoms with van der Waals surface area (Å²) in [7, 11) is -3.72. The molecule has 0 saturated carbocycles. The number of anilines is 1. The number of halogens is 1. The van der Waals surface area contributed by atoms with Gasteiger partial charge < -0.3 is 5.11 Å². The molecule has 1 aromatic carbocycles. The molecule has 0 amide bonds. The largest absolute Gasteiger partial charge is 0.478 e. The third-order valence-corrected chi connectivity index (χ3v) is 3.87. The number of hydrogen-bond donors (Lipinski definition) is 2. The number of carboxylic acid groups (broad SMARTS) is 1. The smallest absolute Gasteiger partial charge is 0.335 e. The van der Waals surface area contributed by atoms with Crippen molar-refractivity contribution in [1.82, 2.24) is 0 Å². The first-order valence-electron chi connectivity index (χ1n) is 6.03. The van der Waals surface area contributed by atoms with Gasteiger partial charge in [-0.15, -0.1) is 0 Å². The van der Waals surface area contributed by atoms with Crippen LogP contribution in [0.15, 0.2) is 18.2 Å². The number of aromatic carboxylic acids is 1. The molecule has 0 aliphatic rings. The standard InChI is InChI=1S/C13H18FNO4S/c1-13(2,3)6-7-20(18,19)15-11-8-9(12(16)17)4-5-10(11)14/h4-5,8,15H,6-7H2,1-3H3,(H,16,17). The van der Waals surface area contributed by atoms with Crippen molar-refractivity contribution < 1.29 is 22.7 Å². The normalized spacial score (nSPS) is 12.2. The molecule has 0 atom stereocenters. The fourth-order valence-corrected chi connectivity index (χ4v) is 2.87. The van der Waals surface area contributed by atoms with Gasteiger partial charge in [-0.25, -0.2) is 17.6 Å². The Balaban J connectivity index is 2.92.